The van der Waals surface area contributed by atoms with Gasteiger partial charge in [0.2, 0.25) is 0 Å². The summed E-state index contributed by atoms with van der Waals surface area (Å²) in [5, 5.41) is 12.3. The van der Waals surface area contributed by atoms with E-state index in [1.54, 1.807) is 0 Å². The Kier molecular flexibility index (Phi) is 4.61. The van der Waals surface area contributed by atoms with Crippen molar-refractivity contribution >= 4 is 23.3 Å². The summed E-state index contributed by atoms with van der Waals surface area (Å²) in [7, 11) is 0. The van der Waals surface area contributed by atoms with Crippen LogP contribution in [-0.2, 0) is 0 Å². The van der Waals surface area contributed by atoms with Gasteiger partial charge in [0.05, 0.1) is 10.6 Å². The fourth-order valence-corrected chi connectivity index (χ4v) is 2.50. The van der Waals surface area contributed by atoms with Crippen molar-refractivity contribution in [3.63, 3.8) is 0 Å². The van der Waals surface area contributed by atoms with Gasteiger partial charge in [-0.2, -0.15) is 0 Å². The molecule has 104 valence electrons. The van der Waals surface area contributed by atoms with Gasteiger partial charge in [0.25, 0.3) is 5.91 Å². The van der Waals surface area contributed by atoms with Crippen molar-refractivity contribution in [3.05, 3.63) is 22.8 Å². The highest BCUT2D eigenvalue weighted by molar-refractivity contribution is 6.33. The second kappa shape index (κ2) is 6.21. The summed E-state index contributed by atoms with van der Waals surface area (Å²) in [4.78, 5) is 15.9. The van der Waals surface area contributed by atoms with Crippen LogP contribution in [0.25, 0.3) is 0 Å². The van der Waals surface area contributed by atoms with Crippen molar-refractivity contribution in [3.8, 4) is 0 Å². The maximum absolute atomic E-state index is 12.0. The summed E-state index contributed by atoms with van der Waals surface area (Å²) in [6, 6.07) is 1.69. The molecule has 4 N–H and O–H groups in total. The van der Waals surface area contributed by atoms with Crippen molar-refractivity contribution in [2.24, 2.45) is 5.92 Å². The zero-order valence-corrected chi connectivity index (χ0v) is 11.4. The van der Waals surface area contributed by atoms with Gasteiger partial charge in [0.15, 0.2) is 0 Å². The minimum absolute atomic E-state index is 0.159. The first kappa shape index (κ1) is 14.1. The van der Waals surface area contributed by atoms with E-state index in [-0.39, 0.29) is 29.4 Å². The standard InChI is InChI=1S/C13H18ClN3O2/c14-11-5-9(6-16-12(11)15)13(19)17-10-3-1-8(7-18)2-4-10/h5-6,8,10,18H,1-4,7H2,(H2,15,16)(H,17,19). The number of pyridine rings is 1. The first-order chi connectivity index (χ1) is 9.10. The largest absolute Gasteiger partial charge is 0.396 e. The number of rotatable bonds is 3. The Bertz CT molecular complexity index is 459. The lowest BCUT2D eigenvalue weighted by atomic mass is 9.86. The molecule has 1 amide bonds. The molecule has 0 atom stereocenters. The quantitative estimate of drug-likeness (QED) is 0.786. The number of hydrogen-bond donors (Lipinski definition) is 3. The summed E-state index contributed by atoms with van der Waals surface area (Å²) in [5.74, 6) is 0.421. The van der Waals surface area contributed by atoms with Gasteiger partial charge in [0.1, 0.15) is 5.82 Å². The molecule has 19 heavy (non-hydrogen) atoms. The van der Waals surface area contributed by atoms with Gasteiger partial charge < -0.3 is 16.2 Å². The van der Waals surface area contributed by atoms with E-state index in [0.717, 1.165) is 25.7 Å². The fraction of sp³-hybridized carbons (Fsp3) is 0.538. The number of anilines is 1. The van der Waals surface area contributed by atoms with Crippen LogP contribution >= 0.6 is 11.6 Å². The highest BCUT2D eigenvalue weighted by Gasteiger charge is 2.22. The van der Waals surface area contributed by atoms with Crippen LogP contribution in [0.1, 0.15) is 36.0 Å². The smallest absolute Gasteiger partial charge is 0.253 e. The van der Waals surface area contributed by atoms with E-state index < -0.39 is 0 Å². The van der Waals surface area contributed by atoms with Gasteiger partial charge in [0, 0.05) is 18.8 Å². The number of nitrogens with two attached hydrogens (primary N) is 1. The molecule has 0 spiro atoms. The van der Waals surface area contributed by atoms with Crippen LogP contribution in [0.4, 0.5) is 5.82 Å². The van der Waals surface area contributed by atoms with E-state index in [1.165, 1.54) is 12.3 Å². The molecule has 0 radical (unpaired) electrons. The number of aromatic nitrogens is 1. The van der Waals surface area contributed by atoms with Crippen LogP contribution in [0.3, 0.4) is 0 Å². The van der Waals surface area contributed by atoms with E-state index >= 15 is 0 Å². The molecule has 6 heteroatoms. The van der Waals surface area contributed by atoms with Crippen molar-refractivity contribution in [2.75, 3.05) is 12.3 Å². The van der Waals surface area contributed by atoms with Gasteiger partial charge in [-0.1, -0.05) is 11.6 Å². The number of hydrogen-bond acceptors (Lipinski definition) is 4. The molecule has 0 aliphatic heterocycles. The van der Waals surface area contributed by atoms with Crippen LogP contribution in [0.2, 0.25) is 5.02 Å². The Morgan fingerprint density at radius 2 is 2.16 bits per heavy atom. The summed E-state index contributed by atoms with van der Waals surface area (Å²) in [5.41, 5.74) is 5.93. The van der Waals surface area contributed by atoms with Crippen LogP contribution in [-0.4, -0.2) is 28.6 Å². The molecule has 1 aliphatic carbocycles. The minimum Gasteiger partial charge on any atom is -0.396 e. The van der Waals surface area contributed by atoms with Gasteiger partial charge in [-0.15, -0.1) is 0 Å². The SMILES string of the molecule is Nc1ncc(C(=O)NC2CCC(CO)CC2)cc1Cl. The lowest BCUT2D eigenvalue weighted by Gasteiger charge is -2.27. The van der Waals surface area contributed by atoms with Crippen LogP contribution in [0.15, 0.2) is 12.3 Å². The third kappa shape index (κ3) is 3.58. The predicted octanol–water partition coefficient (Wildman–Crippen LogP) is 1.60. The van der Waals surface area contributed by atoms with Crippen molar-refractivity contribution < 1.29 is 9.90 Å². The van der Waals surface area contributed by atoms with Crippen molar-refractivity contribution in [1.82, 2.24) is 10.3 Å². The Hall–Kier alpha value is -1.33. The molecule has 1 aliphatic rings. The Morgan fingerprint density at radius 1 is 1.47 bits per heavy atom. The Balaban J connectivity index is 1.92. The van der Waals surface area contributed by atoms with Gasteiger partial charge in [-0.3, -0.25) is 4.79 Å². The molecule has 2 rings (SSSR count). The number of carbonyl (C=O) groups is 1. The molecule has 1 aromatic heterocycles. The van der Waals surface area contributed by atoms with Gasteiger partial charge >= 0.3 is 0 Å². The second-order valence-corrected chi connectivity index (χ2v) is 5.37. The Labute approximate surface area is 117 Å². The minimum atomic E-state index is -0.179. The number of amides is 1. The van der Waals surface area contributed by atoms with E-state index in [2.05, 4.69) is 10.3 Å². The fourth-order valence-electron chi connectivity index (χ4n) is 2.33. The topological polar surface area (TPSA) is 88.2 Å². The molecule has 1 aromatic rings. The molecule has 0 aromatic carbocycles. The van der Waals surface area contributed by atoms with Crippen molar-refractivity contribution in [1.29, 1.82) is 0 Å². The summed E-state index contributed by atoms with van der Waals surface area (Å²) in [6.07, 6.45) is 5.11. The van der Waals surface area contributed by atoms with E-state index in [9.17, 15) is 4.79 Å². The first-order valence-corrected chi connectivity index (χ1v) is 6.80. The number of aliphatic hydroxyl groups excluding tert-OH is 1. The Morgan fingerprint density at radius 3 is 2.74 bits per heavy atom. The number of nitrogens with zero attached hydrogens (tertiary/aromatic N) is 1. The zero-order chi connectivity index (χ0) is 13.8. The molecule has 5 nitrogen and oxygen atoms in total. The highest BCUT2D eigenvalue weighted by atomic mass is 35.5. The number of halogens is 1. The van der Waals surface area contributed by atoms with Gasteiger partial charge in [-0.25, -0.2) is 4.98 Å². The third-order valence-corrected chi connectivity index (χ3v) is 3.87. The molecule has 1 fully saturated rings. The number of nitrogens with one attached hydrogen (secondary N) is 1. The lowest BCUT2D eigenvalue weighted by Crippen LogP contribution is -2.38. The van der Waals surface area contributed by atoms with Crippen LogP contribution in [0.5, 0.6) is 0 Å². The maximum atomic E-state index is 12.0. The highest BCUT2D eigenvalue weighted by Crippen LogP contribution is 2.24. The number of nitrogen functional groups attached to an aromatic ring is 1. The monoisotopic (exact) mass is 283 g/mol. The van der Waals surface area contributed by atoms with E-state index in [4.69, 9.17) is 22.4 Å². The summed E-state index contributed by atoms with van der Waals surface area (Å²) >= 11 is 5.84. The molecule has 1 saturated carbocycles. The first-order valence-electron chi connectivity index (χ1n) is 6.43. The van der Waals surface area contributed by atoms with Crippen molar-refractivity contribution in [2.45, 2.75) is 31.7 Å². The average molecular weight is 284 g/mol. The predicted molar refractivity (Wildman–Crippen MR) is 74.0 cm³/mol. The molecule has 0 unspecified atom stereocenters. The van der Waals surface area contributed by atoms with E-state index in [0.29, 0.717) is 11.5 Å². The number of carbonyl (C=O) groups excluding carboxylic acids is 1. The molecule has 1 heterocycles. The van der Waals surface area contributed by atoms with Crippen LogP contribution < -0.4 is 11.1 Å². The zero-order valence-electron chi connectivity index (χ0n) is 10.6. The molecule has 0 saturated heterocycles. The average Bonchev–Trinajstić information content (AvgIpc) is 2.42. The molecular weight excluding hydrogens is 266 g/mol. The maximum Gasteiger partial charge on any atom is 0.253 e. The van der Waals surface area contributed by atoms with Gasteiger partial charge in [-0.05, 0) is 37.7 Å². The second-order valence-electron chi connectivity index (χ2n) is 4.96. The third-order valence-electron chi connectivity index (χ3n) is 3.57. The van der Waals surface area contributed by atoms with Crippen LogP contribution in [0, 0.1) is 5.92 Å². The normalized spacial score (nSPS) is 23.1. The molecule has 0 bridgehead atoms. The lowest BCUT2D eigenvalue weighted by molar-refractivity contribution is 0.0913. The number of aliphatic hydroxyl groups is 1. The summed E-state index contributed by atoms with van der Waals surface area (Å²) in [6.45, 7) is 0.234. The molecular formula is C13H18ClN3O2. The van der Waals surface area contributed by atoms with E-state index in [1.807, 2.05) is 0 Å². The summed E-state index contributed by atoms with van der Waals surface area (Å²) < 4.78 is 0.